The summed E-state index contributed by atoms with van der Waals surface area (Å²) in [6, 6.07) is 5.49. The van der Waals surface area contributed by atoms with Gasteiger partial charge in [0.25, 0.3) is 6.47 Å². The van der Waals surface area contributed by atoms with E-state index in [-0.39, 0.29) is 5.38 Å². The summed E-state index contributed by atoms with van der Waals surface area (Å²) in [5.74, 6) is 0.566. The van der Waals surface area contributed by atoms with Gasteiger partial charge in [-0.05, 0) is 47.2 Å². The Morgan fingerprint density at radius 3 is 2.77 bits per heavy atom. The van der Waals surface area contributed by atoms with E-state index in [1.165, 1.54) is 0 Å². The highest BCUT2D eigenvalue weighted by Crippen LogP contribution is 2.27. The van der Waals surface area contributed by atoms with Crippen LogP contribution in [0.4, 0.5) is 0 Å². The van der Waals surface area contributed by atoms with Crippen molar-refractivity contribution in [2.75, 3.05) is 0 Å². The van der Waals surface area contributed by atoms with Gasteiger partial charge in [0, 0.05) is 0 Å². The highest BCUT2D eigenvalue weighted by molar-refractivity contribution is 14.1. The Hall–Kier alpha value is -0.290. The molecule has 0 N–H and O–H groups in total. The molecule has 1 rings (SSSR count). The van der Waals surface area contributed by atoms with Crippen molar-refractivity contribution in [1.82, 2.24) is 0 Å². The summed E-state index contributed by atoms with van der Waals surface area (Å²) in [6.07, 6.45) is 0. The van der Waals surface area contributed by atoms with E-state index in [2.05, 4.69) is 22.6 Å². The number of carbonyl (C=O) groups excluding carboxylic acids is 1. The van der Waals surface area contributed by atoms with Gasteiger partial charge in [0.05, 0.1) is 8.95 Å². The molecule has 1 aromatic carbocycles. The van der Waals surface area contributed by atoms with Crippen LogP contribution in [0.15, 0.2) is 18.2 Å². The van der Waals surface area contributed by atoms with E-state index < -0.39 is 0 Å². The molecule has 0 aliphatic rings. The minimum absolute atomic E-state index is 0.0289. The van der Waals surface area contributed by atoms with Crippen molar-refractivity contribution in [2.45, 2.75) is 12.3 Å². The number of hydrogen-bond donors (Lipinski definition) is 0. The lowest BCUT2D eigenvalue weighted by Crippen LogP contribution is -1.93. The lowest BCUT2D eigenvalue weighted by molar-refractivity contribution is -0.120. The molecule has 0 saturated heterocycles. The molecule has 1 aromatic rings. The van der Waals surface area contributed by atoms with Gasteiger partial charge in [-0.1, -0.05) is 6.07 Å². The topological polar surface area (TPSA) is 26.3 Å². The largest absolute Gasteiger partial charge is 0.428 e. The second-order valence-electron chi connectivity index (χ2n) is 2.52. The zero-order chi connectivity index (χ0) is 9.84. The monoisotopic (exact) mass is 310 g/mol. The molecule has 0 saturated carbocycles. The predicted molar refractivity (Wildman–Crippen MR) is 60.1 cm³/mol. The number of halogens is 2. The van der Waals surface area contributed by atoms with Gasteiger partial charge in [-0.25, -0.2) is 0 Å². The third kappa shape index (κ3) is 2.84. The molecule has 2 nitrogen and oxygen atoms in total. The summed E-state index contributed by atoms with van der Waals surface area (Å²) in [7, 11) is 0. The molecule has 0 heterocycles. The molecule has 4 heteroatoms. The van der Waals surface area contributed by atoms with Crippen molar-refractivity contribution in [3.63, 3.8) is 0 Å². The van der Waals surface area contributed by atoms with E-state index in [9.17, 15) is 4.79 Å². The Morgan fingerprint density at radius 1 is 1.62 bits per heavy atom. The number of benzene rings is 1. The van der Waals surface area contributed by atoms with Crippen molar-refractivity contribution in [1.29, 1.82) is 0 Å². The zero-order valence-electron chi connectivity index (χ0n) is 6.96. The summed E-state index contributed by atoms with van der Waals surface area (Å²) in [5, 5.41) is -0.0289. The van der Waals surface area contributed by atoms with E-state index in [0.717, 1.165) is 9.13 Å². The first-order chi connectivity index (χ1) is 6.15. The van der Waals surface area contributed by atoms with E-state index in [0.29, 0.717) is 12.2 Å². The second kappa shape index (κ2) is 4.81. The normalized spacial score (nSPS) is 12.2. The van der Waals surface area contributed by atoms with Crippen molar-refractivity contribution >= 4 is 40.7 Å². The molecule has 0 aliphatic carbocycles. The molecule has 0 bridgehead atoms. The van der Waals surface area contributed by atoms with Crippen LogP contribution in [0.25, 0.3) is 0 Å². The van der Waals surface area contributed by atoms with Crippen LogP contribution in [0, 0.1) is 3.57 Å². The lowest BCUT2D eigenvalue weighted by Gasteiger charge is -2.06. The van der Waals surface area contributed by atoms with Gasteiger partial charge in [0.15, 0.2) is 0 Å². The van der Waals surface area contributed by atoms with Crippen LogP contribution in [0.3, 0.4) is 0 Å². The van der Waals surface area contributed by atoms with Gasteiger partial charge in [-0.2, -0.15) is 0 Å². The van der Waals surface area contributed by atoms with Gasteiger partial charge < -0.3 is 4.74 Å². The molecule has 0 aromatic heterocycles. The molecule has 1 atom stereocenters. The number of alkyl halides is 1. The third-order valence-corrected chi connectivity index (χ3v) is 2.69. The van der Waals surface area contributed by atoms with Gasteiger partial charge in [-0.3, -0.25) is 4.79 Å². The number of rotatable bonds is 3. The van der Waals surface area contributed by atoms with Crippen LogP contribution in [0.5, 0.6) is 5.75 Å². The summed E-state index contributed by atoms with van der Waals surface area (Å²) in [6.45, 7) is 2.31. The van der Waals surface area contributed by atoms with Crippen molar-refractivity contribution < 1.29 is 9.53 Å². The van der Waals surface area contributed by atoms with E-state index in [1.807, 2.05) is 19.1 Å². The van der Waals surface area contributed by atoms with E-state index >= 15 is 0 Å². The minimum atomic E-state index is -0.0289. The Bertz CT molecular complexity index is 312. The molecular formula is C9H8ClIO2. The molecule has 70 valence electrons. The molecule has 0 radical (unpaired) electrons. The molecule has 1 unspecified atom stereocenters. The highest BCUT2D eigenvalue weighted by Gasteiger charge is 2.05. The third-order valence-electron chi connectivity index (χ3n) is 1.59. The maximum Gasteiger partial charge on any atom is 0.298 e. The maximum absolute atomic E-state index is 10.1. The fourth-order valence-electron chi connectivity index (χ4n) is 0.912. The first kappa shape index (κ1) is 10.8. The molecule has 0 spiro atoms. The van der Waals surface area contributed by atoms with Crippen molar-refractivity contribution in [3.05, 3.63) is 27.3 Å². The Balaban J connectivity index is 2.98. The summed E-state index contributed by atoms with van der Waals surface area (Å²) in [5.41, 5.74) is 1.02. The molecule has 0 fully saturated rings. The van der Waals surface area contributed by atoms with Crippen LogP contribution in [-0.2, 0) is 4.79 Å². The van der Waals surface area contributed by atoms with Gasteiger partial charge in [0.2, 0.25) is 0 Å². The fraction of sp³-hybridized carbons (Fsp3) is 0.222. The van der Waals surface area contributed by atoms with Crippen LogP contribution in [0.2, 0.25) is 0 Å². The van der Waals surface area contributed by atoms with E-state index in [4.69, 9.17) is 16.3 Å². The van der Waals surface area contributed by atoms with Crippen LogP contribution in [-0.4, -0.2) is 6.47 Å². The van der Waals surface area contributed by atoms with Crippen LogP contribution < -0.4 is 4.74 Å². The van der Waals surface area contributed by atoms with E-state index in [1.54, 1.807) is 6.07 Å². The maximum atomic E-state index is 10.1. The first-order valence-electron chi connectivity index (χ1n) is 3.69. The Kier molecular flexibility index (Phi) is 3.99. The summed E-state index contributed by atoms with van der Waals surface area (Å²) in [4.78, 5) is 10.1. The molecule has 13 heavy (non-hydrogen) atoms. The zero-order valence-corrected chi connectivity index (χ0v) is 9.87. The fourth-order valence-corrected chi connectivity index (χ4v) is 1.71. The standard InChI is InChI=1S/C9H8ClIO2/c1-6(10)7-2-3-9(13-5-12)8(11)4-7/h2-6H,1H3. The van der Waals surface area contributed by atoms with Gasteiger partial charge in [-0.15, -0.1) is 11.6 Å². The molecule has 0 aliphatic heterocycles. The average molecular weight is 311 g/mol. The van der Waals surface area contributed by atoms with Crippen molar-refractivity contribution in [3.8, 4) is 5.75 Å². The summed E-state index contributed by atoms with van der Waals surface area (Å²) < 4.78 is 5.62. The van der Waals surface area contributed by atoms with Gasteiger partial charge >= 0.3 is 0 Å². The van der Waals surface area contributed by atoms with Gasteiger partial charge in [0.1, 0.15) is 5.75 Å². The number of ether oxygens (including phenoxy) is 1. The van der Waals surface area contributed by atoms with Crippen LogP contribution in [0.1, 0.15) is 17.9 Å². The smallest absolute Gasteiger partial charge is 0.298 e. The summed E-state index contributed by atoms with van der Waals surface area (Å²) >= 11 is 7.99. The average Bonchev–Trinajstić information content (AvgIpc) is 2.08. The number of hydrogen-bond acceptors (Lipinski definition) is 2. The first-order valence-corrected chi connectivity index (χ1v) is 5.20. The lowest BCUT2D eigenvalue weighted by atomic mass is 10.2. The van der Waals surface area contributed by atoms with Crippen LogP contribution >= 0.6 is 34.2 Å². The Labute approximate surface area is 95.4 Å². The predicted octanol–water partition coefficient (Wildman–Crippen LogP) is 3.13. The molecule has 0 amide bonds. The Morgan fingerprint density at radius 2 is 2.31 bits per heavy atom. The highest BCUT2D eigenvalue weighted by atomic mass is 127. The second-order valence-corrected chi connectivity index (χ2v) is 4.34. The number of carbonyl (C=O) groups is 1. The molecular weight excluding hydrogens is 302 g/mol. The quantitative estimate of drug-likeness (QED) is 0.487. The minimum Gasteiger partial charge on any atom is -0.428 e. The SMILES string of the molecule is CC(Cl)c1ccc(OC=O)c(I)c1. The van der Waals surface area contributed by atoms with Crippen molar-refractivity contribution in [2.24, 2.45) is 0 Å².